The molecule has 7 heteroatoms. The zero-order valence-electron chi connectivity index (χ0n) is 18.5. The maximum Gasteiger partial charge on any atom is 0.513 e. The van der Waals surface area contributed by atoms with Crippen molar-refractivity contribution in [3.05, 3.63) is 45.3 Å². The third-order valence-electron chi connectivity index (χ3n) is 5.73. The summed E-state index contributed by atoms with van der Waals surface area (Å²) in [5, 5.41) is 4.63. The number of fused-ring (bicyclic) bond motifs is 1. The first-order valence-electron chi connectivity index (χ1n) is 10.4. The van der Waals surface area contributed by atoms with Gasteiger partial charge < -0.3 is 14.2 Å². The Morgan fingerprint density at radius 3 is 2.60 bits per heavy atom. The zero-order valence-corrected chi connectivity index (χ0v) is 18.5. The third kappa shape index (κ3) is 4.50. The van der Waals surface area contributed by atoms with Gasteiger partial charge in [-0.1, -0.05) is 6.07 Å². The second-order valence-corrected chi connectivity index (χ2v) is 7.65. The standard InChI is InChI=1S/C23H30N2O5/c1-6-29-23(27)30-22-14(2)12-17(18-8-7-9-19(18)22)13-20-15(3)24-25(16(20)4)11-10-21(26)28-5/h12H,6-11,13H2,1-5H3. The van der Waals surface area contributed by atoms with Crippen molar-refractivity contribution in [1.82, 2.24) is 9.78 Å². The van der Waals surface area contributed by atoms with Crippen LogP contribution in [0.5, 0.6) is 5.75 Å². The minimum absolute atomic E-state index is 0.241. The van der Waals surface area contributed by atoms with Gasteiger partial charge in [-0.2, -0.15) is 5.10 Å². The van der Waals surface area contributed by atoms with Crippen molar-refractivity contribution in [2.24, 2.45) is 0 Å². The zero-order chi connectivity index (χ0) is 21.8. The van der Waals surface area contributed by atoms with E-state index in [9.17, 15) is 9.59 Å². The minimum Gasteiger partial charge on any atom is -0.469 e. The van der Waals surface area contributed by atoms with Gasteiger partial charge in [-0.25, -0.2) is 4.79 Å². The Hall–Kier alpha value is -2.83. The van der Waals surface area contributed by atoms with Gasteiger partial charge in [-0.05, 0) is 69.2 Å². The molecule has 2 aromatic rings. The second kappa shape index (κ2) is 9.32. The maximum absolute atomic E-state index is 11.9. The van der Waals surface area contributed by atoms with Crippen LogP contribution < -0.4 is 4.74 Å². The largest absolute Gasteiger partial charge is 0.513 e. The van der Waals surface area contributed by atoms with E-state index in [0.717, 1.165) is 48.2 Å². The van der Waals surface area contributed by atoms with E-state index in [0.29, 0.717) is 18.7 Å². The molecule has 0 N–H and O–H groups in total. The van der Waals surface area contributed by atoms with Crippen LogP contribution in [0.3, 0.4) is 0 Å². The molecule has 1 aromatic heterocycles. The first-order chi connectivity index (χ1) is 14.3. The SMILES string of the molecule is CCOC(=O)Oc1c(C)cc(Cc2c(C)nn(CCC(=O)OC)c2C)c2c1CCC2. The summed E-state index contributed by atoms with van der Waals surface area (Å²) in [5.41, 5.74) is 7.77. The number of nitrogens with zero attached hydrogens (tertiary/aromatic N) is 2. The van der Waals surface area contributed by atoms with Crippen molar-refractivity contribution < 1.29 is 23.8 Å². The van der Waals surface area contributed by atoms with E-state index < -0.39 is 6.16 Å². The van der Waals surface area contributed by atoms with Crippen LogP contribution in [0.25, 0.3) is 0 Å². The summed E-state index contributed by atoms with van der Waals surface area (Å²) in [7, 11) is 1.40. The molecule has 0 radical (unpaired) electrons. The van der Waals surface area contributed by atoms with Crippen molar-refractivity contribution in [2.75, 3.05) is 13.7 Å². The lowest BCUT2D eigenvalue weighted by atomic mass is 9.93. The Bertz CT molecular complexity index is 961. The predicted octanol–water partition coefficient (Wildman–Crippen LogP) is 3.99. The summed E-state index contributed by atoms with van der Waals surface area (Å²) in [5.74, 6) is 0.404. The number of aryl methyl sites for hydroxylation is 3. The normalized spacial score (nSPS) is 12.6. The number of carbonyl (C=O) groups is 2. The molecule has 1 aliphatic rings. The Balaban J connectivity index is 1.88. The number of ether oxygens (including phenoxy) is 3. The van der Waals surface area contributed by atoms with Crippen molar-refractivity contribution >= 4 is 12.1 Å². The lowest BCUT2D eigenvalue weighted by Crippen LogP contribution is -2.13. The molecule has 1 aromatic carbocycles. The molecule has 162 valence electrons. The van der Waals surface area contributed by atoms with Crippen LogP contribution in [0.4, 0.5) is 4.79 Å². The summed E-state index contributed by atoms with van der Waals surface area (Å²) in [6, 6.07) is 2.11. The Morgan fingerprint density at radius 1 is 1.17 bits per heavy atom. The number of hydrogen-bond donors (Lipinski definition) is 0. The summed E-state index contributed by atoms with van der Waals surface area (Å²) < 4.78 is 17.1. The lowest BCUT2D eigenvalue weighted by molar-refractivity contribution is -0.140. The molecule has 3 rings (SSSR count). The fourth-order valence-electron chi connectivity index (χ4n) is 4.23. The van der Waals surface area contributed by atoms with Crippen molar-refractivity contribution in [3.8, 4) is 5.75 Å². The number of methoxy groups -OCH3 is 1. The molecule has 7 nitrogen and oxygen atoms in total. The molecular weight excluding hydrogens is 384 g/mol. The number of benzene rings is 1. The van der Waals surface area contributed by atoms with E-state index >= 15 is 0 Å². The molecule has 0 fully saturated rings. The summed E-state index contributed by atoms with van der Waals surface area (Å²) in [6.07, 6.45) is 3.32. The number of aromatic nitrogens is 2. The molecule has 0 saturated carbocycles. The molecule has 0 unspecified atom stereocenters. The first-order valence-corrected chi connectivity index (χ1v) is 10.4. The molecule has 0 atom stereocenters. The van der Waals surface area contributed by atoms with Crippen molar-refractivity contribution in [2.45, 2.75) is 66.3 Å². The van der Waals surface area contributed by atoms with Gasteiger partial charge in [0.15, 0.2) is 0 Å². The topological polar surface area (TPSA) is 79.7 Å². The van der Waals surface area contributed by atoms with Crippen LogP contribution >= 0.6 is 0 Å². The molecule has 0 spiro atoms. The summed E-state index contributed by atoms with van der Waals surface area (Å²) in [4.78, 5) is 23.4. The van der Waals surface area contributed by atoms with E-state index in [1.54, 1.807) is 6.92 Å². The summed E-state index contributed by atoms with van der Waals surface area (Å²) >= 11 is 0. The van der Waals surface area contributed by atoms with E-state index in [1.807, 2.05) is 25.5 Å². The van der Waals surface area contributed by atoms with Crippen LogP contribution in [0.15, 0.2) is 6.07 Å². The number of rotatable bonds is 7. The van der Waals surface area contributed by atoms with Gasteiger partial charge in [-0.15, -0.1) is 0 Å². The highest BCUT2D eigenvalue weighted by atomic mass is 16.7. The second-order valence-electron chi connectivity index (χ2n) is 7.65. The van der Waals surface area contributed by atoms with Gasteiger partial charge in [0.2, 0.25) is 0 Å². The number of carbonyl (C=O) groups excluding carboxylic acids is 2. The van der Waals surface area contributed by atoms with E-state index in [1.165, 1.54) is 23.8 Å². The van der Waals surface area contributed by atoms with Crippen LogP contribution in [0.1, 0.15) is 59.0 Å². The van der Waals surface area contributed by atoms with Gasteiger partial charge in [0.05, 0.1) is 32.4 Å². The van der Waals surface area contributed by atoms with Gasteiger partial charge in [0.25, 0.3) is 0 Å². The Labute approximate surface area is 177 Å². The first kappa shape index (κ1) is 21.9. The highest BCUT2D eigenvalue weighted by Gasteiger charge is 2.25. The third-order valence-corrected chi connectivity index (χ3v) is 5.73. The van der Waals surface area contributed by atoms with Crippen molar-refractivity contribution in [3.63, 3.8) is 0 Å². The predicted molar refractivity (Wildman–Crippen MR) is 112 cm³/mol. The van der Waals surface area contributed by atoms with Crippen LogP contribution in [-0.4, -0.2) is 35.6 Å². The fraction of sp³-hybridized carbons (Fsp3) is 0.522. The Morgan fingerprint density at radius 2 is 1.90 bits per heavy atom. The van der Waals surface area contributed by atoms with Crippen LogP contribution in [0.2, 0.25) is 0 Å². The molecule has 0 amide bonds. The average Bonchev–Trinajstić information content (AvgIpc) is 3.30. The molecular formula is C23H30N2O5. The maximum atomic E-state index is 11.9. The minimum atomic E-state index is -0.652. The summed E-state index contributed by atoms with van der Waals surface area (Å²) in [6.45, 7) is 8.56. The van der Waals surface area contributed by atoms with Crippen molar-refractivity contribution in [1.29, 1.82) is 0 Å². The van der Waals surface area contributed by atoms with E-state index in [-0.39, 0.29) is 12.6 Å². The van der Waals surface area contributed by atoms with Crippen LogP contribution in [0, 0.1) is 20.8 Å². The molecule has 1 heterocycles. The average molecular weight is 415 g/mol. The monoisotopic (exact) mass is 414 g/mol. The smallest absolute Gasteiger partial charge is 0.469 e. The molecule has 1 aliphatic carbocycles. The van der Waals surface area contributed by atoms with Gasteiger partial charge in [0, 0.05) is 17.7 Å². The molecule has 30 heavy (non-hydrogen) atoms. The molecule has 0 saturated heterocycles. The highest BCUT2D eigenvalue weighted by molar-refractivity contribution is 5.69. The molecule has 0 aliphatic heterocycles. The van der Waals surface area contributed by atoms with Gasteiger partial charge in [0.1, 0.15) is 5.75 Å². The van der Waals surface area contributed by atoms with E-state index in [2.05, 4.69) is 11.2 Å². The number of hydrogen-bond acceptors (Lipinski definition) is 6. The van der Waals surface area contributed by atoms with Gasteiger partial charge in [-0.3, -0.25) is 9.48 Å². The molecule has 0 bridgehead atoms. The highest BCUT2D eigenvalue weighted by Crippen LogP contribution is 2.37. The van der Waals surface area contributed by atoms with Crippen LogP contribution in [-0.2, 0) is 40.1 Å². The quantitative estimate of drug-likeness (QED) is 0.504. The van der Waals surface area contributed by atoms with E-state index in [4.69, 9.17) is 14.2 Å². The number of esters is 1. The fourth-order valence-corrected chi connectivity index (χ4v) is 4.23. The van der Waals surface area contributed by atoms with Gasteiger partial charge >= 0.3 is 12.1 Å². The lowest BCUT2D eigenvalue weighted by Gasteiger charge is -2.16. The Kier molecular flexibility index (Phi) is 6.80.